The Balaban J connectivity index is 1.10. The highest BCUT2D eigenvalue weighted by Crippen LogP contribution is 2.44. The van der Waals surface area contributed by atoms with E-state index in [1.165, 1.54) is 85.5 Å². The monoisotopic (exact) mass is 703 g/mol. The minimum atomic E-state index is 1.11. The molecule has 1 nitrogen and oxygen atoms in total. The second-order valence-corrected chi connectivity index (χ2v) is 15.1. The highest BCUT2D eigenvalue weighted by Gasteiger charge is 2.18. The van der Waals surface area contributed by atoms with Gasteiger partial charge in [0.25, 0.3) is 0 Å². The molecule has 11 aromatic rings. The van der Waals surface area contributed by atoms with Crippen LogP contribution < -0.4 is 4.90 Å². The molecule has 0 bridgehead atoms. The van der Waals surface area contributed by atoms with Crippen molar-refractivity contribution in [2.24, 2.45) is 0 Å². The largest absolute Gasteiger partial charge is 0.310 e. The molecule has 1 heterocycles. The van der Waals surface area contributed by atoms with Crippen molar-refractivity contribution in [3.63, 3.8) is 0 Å². The van der Waals surface area contributed by atoms with Crippen molar-refractivity contribution in [3.8, 4) is 22.3 Å². The first-order valence-corrected chi connectivity index (χ1v) is 19.3. The Kier molecular flexibility index (Phi) is 7.11. The fourth-order valence-corrected chi connectivity index (χ4v) is 9.68. The summed E-state index contributed by atoms with van der Waals surface area (Å²) in [6.07, 6.45) is 0. The van der Waals surface area contributed by atoms with Crippen LogP contribution in [0.2, 0.25) is 0 Å². The third-order valence-corrected chi connectivity index (χ3v) is 12.2. The van der Waals surface area contributed by atoms with E-state index >= 15 is 0 Å². The number of hydrogen-bond donors (Lipinski definition) is 0. The Labute approximate surface area is 317 Å². The van der Waals surface area contributed by atoms with Crippen LogP contribution in [0.3, 0.4) is 0 Å². The van der Waals surface area contributed by atoms with E-state index in [2.05, 4.69) is 205 Å². The van der Waals surface area contributed by atoms with Crippen LogP contribution in [-0.4, -0.2) is 0 Å². The van der Waals surface area contributed by atoms with Crippen LogP contribution in [0.5, 0.6) is 0 Å². The summed E-state index contributed by atoms with van der Waals surface area (Å²) in [7, 11) is 0. The average molecular weight is 704 g/mol. The molecule has 0 spiro atoms. The topological polar surface area (TPSA) is 3.24 Å². The Morgan fingerprint density at radius 1 is 0.296 bits per heavy atom. The molecule has 0 atom stereocenters. The van der Waals surface area contributed by atoms with Crippen molar-refractivity contribution in [3.05, 3.63) is 200 Å². The summed E-state index contributed by atoms with van der Waals surface area (Å²) in [5.41, 5.74) is 8.24. The number of benzene rings is 10. The Hall–Kier alpha value is -6.74. The van der Waals surface area contributed by atoms with Gasteiger partial charge in [-0.3, -0.25) is 0 Å². The molecule has 1 aromatic heterocycles. The molecule has 0 unspecified atom stereocenters. The number of rotatable bonds is 5. The Morgan fingerprint density at radius 3 is 1.63 bits per heavy atom. The van der Waals surface area contributed by atoms with Gasteiger partial charge in [-0.2, -0.15) is 0 Å². The van der Waals surface area contributed by atoms with E-state index in [9.17, 15) is 0 Å². The summed E-state index contributed by atoms with van der Waals surface area (Å²) in [6, 6.07) is 73.5. The van der Waals surface area contributed by atoms with Crippen LogP contribution in [0.1, 0.15) is 0 Å². The highest BCUT2D eigenvalue weighted by atomic mass is 32.1. The Morgan fingerprint density at radius 2 is 0.852 bits per heavy atom. The molecule has 0 aliphatic carbocycles. The van der Waals surface area contributed by atoms with Crippen LogP contribution in [-0.2, 0) is 0 Å². The standard InChI is InChI=1S/C52H33NS/c1-2-12-36-31-38(24-23-34(36)11-1)37-13-9-14-40(32-37)53(41-29-30-47-45-17-4-3-15-43(45)44-16-5-6-18-46(44)50(47)33-41)39-27-25-35(26-28-39)42-20-10-21-49-48-19-7-8-22-51(48)54-52(42)49/h1-33H. The first-order chi connectivity index (χ1) is 26.8. The zero-order valence-electron chi connectivity index (χ0n) is 29.4. The first kappa shape index (κ1) is 30.8. The van der Waals surface area contributed by atoms with Gasteiger partial charge in [0.1, 0.15) is 0 Å². The molecular formula is C52H33NS. The minimum Gasteiger partial charge on any atom is -0.310 e. The van der Waals surface area contributed by atoms with Crippen molar-refractivity contribution in [1.29, 1.82) is 0 Å². The zero-order valence-corrected chi connectivity index (χ0v) is 30.2. The molecule has 0 saturated carbocycles. The second-order valence-electron chi connectivity index (χ2n) is 14.1. The van der Waals surface area contributed by atoms with Gasteiger partial charge in [0.05, 0.1) is 0 Å². The maximum absolute atomic E-state index is 2.41. The van der Waals surface area contributed by atoms with E-state index in [-0.39, 0.29) is 0 Å². The number of fused-ring (bicyclic) bond motifs is 10. The van der Waals surface area contributed by atoms with Crippen molar-refractivity contribution < 1.29 is 0 Å². The predicted octanol–water partition coefficient (Wildman–Crippen LogP) is 15.5. The first-order valence-electron chi connectivity index (χ1n) is 18.5. The molecule has 0 radical (unpaired) electrons. The summed E-state index contributed by atoms with van der Waals surface area (Å²) >= 11 is 1.88. The zero-order chi connectivity index (χ0) is 35.6. The van der Waals surface area contributed by atoms with E-state index in [1.54, 1.807) is 0 Å². The molecule has 0 N–H and O–H groups in total. The third kappa shape index (κ3) is 4.99. The van der Waals surface area contributed by atoms with Crippen LogP contribution in [0, 0.1) is 0 Å². The molecule has 0 fully saturated rings. The fraction of sp³-hybridized carbons (Fsp3) is 0. The SMILES string of the molecule is c1cc(-c2ccc3ccccc3c2)cc(N(c2ccc(-c3cccc4c3sc3ccccc34)cc2)c2ccc3c4ccccc4c4ccccc4c3c2)c1. The lowest BCUT2D eigenvalue weighted by Crippen LogP contribution is -2.10. The quantitative estimate of drug-likeness (QED) is 0.161. The van der Waals surface area contributed by atoms with Crippen molar-refractivity contribution in [2.45, 2.75) is 0 Å². The molecule has 0 aliphatic heterocycles. The van der Waals surface area contributed by atoms with Crippen LogP contribution in [0.4, 0.5) is 17.1 Å². The predicted molar refractivity (Wildman–Crippen MR) is 235 cm³/mol. The van der Waals surface area contributed by atoms with Gasteiger partial charge in [0, 0.05) is 37.2 Å². The molecule has 54 heavy (non-hydrogen) atoms. The van der Waals surface area contributed by atoms with Gasteiger partial charge in [0.2, 0.25) is 0 Å². The van der Waals surface area contributed by atoms with E-state index in [4.69, 9.17) is 0 Å². The molecular weight excluding hydrogens is 671 g/mol. The Bertz CT molecular complexity index is 3190. The lowest BCUT2D eigenvalue weighted by molar-refractivity contribution is 1.29. The summed E-state index contributed by atoms with van der Waals surface area (Å²) in [4.78, 5) is 2.41. The number of nitrogens with zero attached hydrogens (tertiary/aromatic N) is 1. The van der Waals surface area contributed by atoms with Gasteiger partial charge in [-0.25, -0.2) is 0 Å². The molecule has 10 aromatic carbocycles. The van der Waals surface area contributed by atoms with Crippen LogP contribution >= 0.6 is 11.3 Å². The summed E-state index contributed by atoms with van der Waals surface area (Å²) in [5.74, 6) is 0. The van der Waals surface area contributed by atoms with E-state index in [1.807, 2.05) is 11.3 Å². The van der Waals surface area contributed by atoms with E-state index in [0.717, 1.165) is 17.1 Å². The van der Waals surface area contributed by atoms with E-state index < -0.39 is 0 Å². The molecule has 0 saturated heterocycles. The summed E-state index contributed by atoms with van der Waals surface area (Å²) in [6.45, 7) is 0. The van der Waals surface area contributed by atoms with Crippen LogP contribution in [0.25, 0.3) is 85.5 Å². The fourth-order valence-electron chi connectivity index (χ4n) is 8.44. The summed E-state index contributed by atoms with van der Waals surface area (Å²) in [5, 5.41) is 12.8. The average Bonchev–Trinajstić information content (AvgIpc) is 3.63. The normalized spacial score (nSPS) is 11.7. The van der Waals surface area contributed by atoms with Crippen molar-refractivity contribution >= 4 is 91.7 Å². The van der Waals surface area contributed by atoms with Crippen LogP contribution in [0.15, 0.2) is 200 Å². The maximum Gasteiger partial charge on any atom is 0.0468 e. The number of hydrogen-bond acceptors (Lipinski definition) is 2. The van der Waals surface area contributed by atoms with Gasteiger partial charge in [0.15, 0.2) is 0 Å². The molecule has 2 heteroatoms. The highest BCUT2D eigenvalue weighted by molar-refractivity contribution is 7.26. The van der Waals surface area contributed by atoms with Crippen molar-refractivity contribution in [1.82, 2.24) is 0 Å². The molecule has 0 amide bonds. The van der Waals surface area contributed by atoms with E-state index in [0.29, 0.717) is 0 Å². The van der Waals surface area contributed by atoms with Gasteiger partial charge < -0.3 is 4.90 Å². The lowest BCUT2D eigenvalue weighted by atomic mass is 9.94. The van der Waals surface area contributed by atoms with Gasteiger partial charge in [-0.1, -0.05) is 152 Å². The third-order valence-electron chi connectivity index (χ3n) is 11.0. The minimum absolute atomic E-state index is 1.11. The van der Waals surface area contributed by atoms with Gasteiger partial charge in [-0.15, -0.1) is 11.3 Å². The lowest BCUT2D eigenvalue weighted by Gasteiger charge is -2.27. The summed E-state index contributed by atoms with van der Waals surface area (Å²) < 4.78 is 2.66. The van der Waals surface area contributed by atoms with Gasteiger partial charge >= 0.3 is 0 Å². The maximum atomic E-state index is 2.41. The van der Waals surface area contributed by atoms with Gasteiger partial charge in [-0.05, 0) is 114 Å². The molecule has 0 aliphatic rings. The molecule has 11 rings (SSSR count). The molecule has 252 valence electrons. The number of anilines is 3. The van der Waals surface area contributed by atoms with Crippen molar-refractivity contribution in [2.75, 3.05) is 4.90 Å². The smallest absolute Gasteiger partial charge is 0.0468 e. The second kappa shape index (κ2) is 12.4. The number of thiophene rings is 1.